The van der Waals surface area contributed by atoms with Crippen molar-refractivity contribution in [1.29, 1.82) is 0 Å². The van der Waals surface area contributed by atoms with Gasteiger partial charge in [-0.1, -0.05) is 12.1 Å². The van der Waals surface area contributed by atoms with Crippen molar-refractivity contribution < 1.29 is 8.42 Å². The number of sulfonamides is 1. The van der Waals surface area contributed by atoms with Gasteiger partial charge in [-0.15, -0.1) is 0 Å². The second-order valence-electron chi connectivity index (χ2n) is 5.86. The maximum atomic E-state index is 12.4. The molecule has 20 heavy (non-hydrogen) atoms. The van der Waals surface area contributed by atoms with Crippen LogP contribution in [0.25, 0.3) is 0 Å². The molecule has 0 saturated carbocycles. The van der Waals surface area contributed by atoms with Crippen molar-refractivity contribution in [3.8, 4) is 0 Å². The van der Waals surface area contributed by atoms with E-state index in [1.807, 2.05) is 0 Å². The van der Waals surface area contributed by atoms with Crippen LogP contribution >= 0.6 is 0 Å². The Kier molecular flexibility index (Phi) is 4.15. The van der Waals surface area contributed by atoms with Crippen molar-refractivity contribution in [2.24, 2.45) is 4.99 Å². The molecule has 0 aromatic heterocycles. The van der Waals surface area contributed by atoms with Gasteiger partial charge in [0.05, 0.1) is 5.69 Å². The molecule has 1 aliphatic heterocycles. The molecule has 0 saturated heterocycles. The highest BCUT2D eigenvalue weighted by Gasteiger charge is 2.27. The first-order chi connectivity index (χ1) is 9.31. The van der Waals surface area contributed by atoms with Crippen molar-refractivity contribution in [3.05, 3.63) is 24.3 Å². The first-order valence-corrected chi connectivity index (χ1v) is 8.15. The SMILES string of the molecule is CC(C)(C)NCCCN1C=Nc2ccccc2S1(=O)=O. The number of nitrogens with zero attached hydrogens (tertiary/aromatic N) is 2. The van der Waals surface area contributed by atoms with Crippen LogP contribution in [-0.4, -0.2) is 37.7 Å². The quantitative estimate of drug-likeness (QED) is 0.866. The van der Waals surface area contributed by atoms with Gasteiger partial charge in [-0.3, -0.25) is 4.31 Å². The Morgan fingerprint density at radius 1 is 1.25 bits per heavy atom. The van der Waals surface area contributed by atoms with Crippen LogP contribution in [0.2, 0.25) is 0 Å². The number of fused-ring (bicyclic) bond motifs is 1. The van der Waals surface area contributed by atoms with Gasteiger partial charge < -0.3 is 5.32 Å². The molecule has 6 heteroatoms. The van der Waals surface area contributed by atoms with Gasteiger partial charge in [0.15, 0.2) is 0 Å². The van der Waals surface area contributed by atoms with Crippen LogP contribution in [0.5, 0.6) is 0 Å². The molecule has 0 unspecified atom stereocenters. The summed E-state index contributed by atoms with van der Waals surface area (Å²) in [6.45, 7) is 7.46. The zero-order valence-corrected chi connectivity index (χ0v) is 12.9. The van der Waals surface area contributed by atoms with E-state index in [9.17, 15) is 8.42 Å². The van der Waals surface area contributed by atoms with E-state index in [-0.39, 0.29) is 10.4 Å². The van der Waals surface area contributed by atoms with Crippen molar-refractivity contribution in [2.45, 2.75) is 37.6 Å². The molecule has 0 radical (unpaired) electrons. The topological polar surface area (TPSA) is 61.8 Å². The number of hydrogen-bond donors (Lipinski definition) is 1. The van der Waals surface area contributed by atoms with Crippen molar-refractivity contribution >= 4 is 22.0 Å². The lowest BCUT2D eigenvalue weighted by molar-refractivity contribution is 0.412. The van der Waals surface area contributed by atoms with Crippen LogP contribution in [0, 0.1) is 0 Å². The third-order valence-corrected chi connectivity index (χ3v) is 4.78. The molecule has 1 aromatic carbocycles. The lowest BCUT2D eigenvalue weighted by atomic mass is 10.1. The minimum absolute atomic E-state index is 0.0431. The van der Waals surface area contributed by atoms with E-state index < -0.39 is 10.0 Å². The highest BCUT2D eigenvalue weighted by Crippen LogP contribution is 2.29. The van der Waals surface area contributed by atoms with E-state index in [1.165, 1.54) is 10.6 Å². The first-order valence-electron chi connectivity index (χ1n) is 6.71. The Labute approximate surface area is 120 Å². The molecule has 1 aliphatic rings. The second kappa shape index (κ2) is 5.54. The number of para-hydroxylation sites is 1. The molecule has 0 bridgehead atoms. The van der Waals surface area contributed by atoms with Crippen LogP contribution in [0.3, 0.4) is 0 Å². The molecule has 5 nitrogen and oxygen atoms in total. The highest BCUT2D eigenvalue weighted by molar-refractivity contribution is 7.89. The minimum Gasteiger partial charge on any atom is -0.312 e. The Hall–Kier alpha value is -1.40. The maximum absolute atomic E-state index is 12.4. The molecule has 0 amide bonds. The van der Waals surface area contributed by atoms with Gasteiger partial charge in [0, 0.05) is 12.1 Å². The van der Waals surface area contributed by atoms with E-state index >= 15 is 0 Å². The molecule has 1 N–H and O–H groups in total. The number of nitrogens with one attached hydrogen (secondary N) is 1. The van der Waals surface area contributed by atoms with Crippen molar-refractivity contribution in [1.82, 2.24) is 9.62 Å². The van der Waals surface area contributed by atoms with Gasteiger partial charge in [0.2, 0.25) is 0 Å². The fourth-order valence-corrected chi connectivity index (χ4v) is 3.40. The Morgan fingerprint density at radius 3 is 2.65 bits per heavy atom. The summed E-state index contributed by atoms with van der Waals surface area (Å²) in [7, 11) is -3.44. The minimum atomic E-state index is -3.44. The summed E-state index contributed by atoms with van der Waals surface area (Å²) in [5, 5.41) is 3.34. The molecule has 2 rings (SSSR count). The summed E-state index contributed by atoms with van der Waals surface area (Å²) in [6.07, 6.45) is 2.15. The van der Waals surface area contributed by atoms with Crippen molar-refractivity contribution in [3.63, 3.8) is 0 Å². The first kappa shape index (κ1) is 15.0. The van der Waals surface area contributed by atoms with Gasteiger partial charge in [-0.25, -0.2) is 13.4 Å². The van der Waals surface area contributed by atoms with Gasteiger partial charge in [-0.2, -0.15) is 0 Å². The van der Waals surface area contributed by atoms with Crippen LogP contribution in [0.4, 0.5) is 5.69 Å². The summed E-state index contributed by atoms with van der Waals surface area (Å²) in [4.78, 5) is 4.48. The number of benzene rings is 1. The van der Waals surface area contributed by atoms with Crippen LogP contribution in [0.15, 0.2) is 34.2 Å². The summed E-state index contributed by atoms with van der Waals surface area (Å²) >= 11 is 0. The standard InChI is InChI=1S/C14H21N3O2S/c1-14(2,3)16-9-6-10-17-11-15-12-7-4-5-8-13(12)20(17,18)19/h4-5,7-8,11,16H,6,9-10H2,1-3H3. The van der Waals surface area contributed by atoms with Gasteiger partial charge in [0.25, 0.3) is 10.0 Å². The highest BCUT2D eigenvalue weighted by atomic mass is 32.2. The van der Waals surface area contributed by atoms with Gasteiger partial charge in [0.1, 0.15) is 11.2 Å². The number of aliphatic imine (C=N–C) groups is 1. The average Bonchev–Trinajstić information content (AvgIpc) is 2.36. The molecule has 0 spiro atoms. The fourth-order valence-electron chi connectivity index (χ4n) is 1.97. The number of rotatable bonds is 4. The average molecular weight is 295 g/mol. The monoisotopic (exact) mass is 295 g/mol. The van der Waals surface area contributed by atoms with Crippen LogP contribution < -0.4 is 5.32 Å². The molecular formula is C14H21N3O2S. The van der Waals surface area contributed by atoms with Crippen LogP contribution in [-0.2, 0) is 10.0 Å². The van der Waals surface area contributed by atoms with E-state index in [0.717, 1.165) is 13.0 Å². The zero-order valence-electron chi connectivity index (χ0n) is 12.1. The summed E-state index contributed by atoms with van der Waals surface area (Å²) in [5.74, 6) is 0. The fraction of sp³-hybridized carbons (Fsp3) is 0.500. The Balaban J connectivity index is 2.02. The molecular weight excluding hydrogens is 274 g/mol. The summed E-state index contributed by atoms with van der Waals surface area (Å²) in [6, 6.07) is 6.81. The van der Waals surface area contributed by atoms with Crippen molar-refractivity contribution in [2.75, 3.05) is 13.1 Å². The zero-order chi connectivity index (χ0) is 14.8. The second-order valence-corrected chi connectivity index (χ2v) is 7.72. The Bertz CT molecular complexity index is 603. The summed E-state index contributed by atoms with van der Waals surface area (Å²) < 4.78 is 26.1. The molecule has 0 fully saturated rings. The third kappa shape index (κ3) is 3.37. The third-order valence-electron chi connectivity index (χ3n) is 2.99. The maximum Gasteiger partial charge on any atom is 0.267 e. The van der Waals surface area contributed by atoms with Gasteiger partial charge in [-0.05, 0) is 45.9 Å². The molecule has 0 atom stereocenters. The molecule has 110 valence electrons. The van der Waals surface area contributed by atoms with E-state index in [0.29, 0.717) is 12.2 Å². The predicted molar refractivity (Wildman–Crippen MR) is 80.9 cm³/mol. The van der Waals surface area contributed by atoms with E-state index in [4.69, 9.17) is 0 Å². The largest absolute Gasteiger partial charge is 0.312 e. The molecule has 1 aromatic rings. The number of hydrogen-bond acceptors (Lipinski definition) is 4. The van der Waals surface area contributed by atoms with Crippen LogP contribution in [0.1, 0.15) is 27.2 Å². The van der Waals surface area contributed by atoms with E-state index in [2.05, 4.69) is 31.1 Å². The normalized spacial score (nSPS) is 17.1. The smallest absolute Gasteiger partial charge is 0.267 e. The van der Waals surface area contributed by atoms with E-state index in [1.54, 1.807) is 24.3 Å². The molecule has 1 heterocycles. The lowest BCUT2D eigenvalue weighted by Crippen LogP contribution is -2.39. The van der Waals surface area contributed by atoms with Gasteiger partial charge >= 0.3 is 0 Å². The lowest BCUT2D eigenvalue weighted by Gasteiger charge is -2.25. The Morgan fingerprint density at radius 2 is 1.95 bits per heavy atom. The molecule has 0 aliphatic carbocycles. The summed E-state index contributed by atoms with van der Waals surface area (Å²) in [5.41, 5.74) is 0.554. The predicted octanol–water partition coefficient (Wildman–Crippen LogP) is 2.13.